The highest BCUT2D eigenvalue weighted by atomic mass is 35.5. The molecule has 2 aromatic rings. The van der Waals surface area contributed by atoms with Crippen LogP contribution in [0.5, 0.6) is 0 Å². The van der Waals surface area contributed by atoms with Gasteiger partial charge in [0.15, 0.2) is 0 Å². The number of carbonyl (C=O) groups is 1. The quantitative estimate of drug-likeness (QED) is 0.822. The molecule has 0 radical (unpaired) electrons. The van der Waals surface area contributed by atoms with Crippen LogP contribution in [0.25, 0.3) is 0 Å². The predicted octanol–water partition coefficient (Wildman–Crippen LogP) is 3.29. The second-order valence-electron chi connectivity index (χ2n) is 7.07. The molecule has 1 heterocycles. The molecular formula is C20H24ClN3O3S. The zero-order chi connectivity index (χ0) is 20.5. The number of piperazine rings is 1. The number of hydrogen-bond acceptors (Lipinski definition) is 4. The first-order valence-electron chi connectivity index (χ1n) is 9.03. The SMILES string of the molecule is Cc1cccc(N2CCN(C(=O)c3ccc(NS(C)(=O)=O)c(Cl)c3)CC2)c1C. The van der Waals surface area contributed by atoms with E-state index in [0.717, 1.165) is 19.3 Å². The molecule has 0 saturated carbocycles. The predicted molar refractivity (Wildman–Crippen MR) is 114 cm³/mol. The van der Waals surface area contributed by atoms with Crippen molar-refractivity contribution in [1.29, 1.82) is 0 Å². The van der Waals surface area contributed by atoms with Crippen LogP contribution in [0.15, 0.2) is 36.4 Å². The van der Waals surface area contributed by atoms with Gasteiger partial charge in [0.1, 0.15) is 0 Å². The van der Waals surface area contributed by atoms with Crippen LogP contribution in [0.4, 0.5) is 11.4 Å². The van der Waals surface area contributed by atoms with Gasteiger partial charge in [-0.15, -0.1) is 0 Å². The van der Waals surface area contributed by atoms with Gasteiger partial charge in [-0.1, -0.05) is 23.7 Å². The lowest BCUT2D eigenvalue weighted by molar-refractivity contribution is 0.0747. The molecule has 0 aromatic heterocycles. The molecule has 1 N–H and O–H groups in total. The largest absolute Gasteiger partial charge is 0.368 e. The van der Waals surface area contributed by atoms with E-state index >= 15 is 0 Å². The second-order valence-corrected chi connectivity index (χ2v) is 9.22. The Kier molecular flexibility index (Phi) is 5.86. The highest BCUT2D eigenvalue weighted by molar-refractivity contribution is 7.92. The van der Waals surface area contributed by atoms with Crippen molar-refractivity contribution in [2.24, 2.45) is 0 Å². The minimum atomic E-state index is -3.43. The molecule has 6 nitrogen and oxygen atoms in total. The molecular weight excluding hydrogens is 398 g/mol. The van der Waals surface area contributed by atoms with E-state index in [4.69, 9.17) is 11.6 Å². The zero-order valence-corrected chi connectivity index (χ0v) is 17.8. The number of anilines is 2. The zero-order valence-electron chi connectivity index (χ0n) is 16.2. The summed E-state index contributed by atoms with van der Waals surface area (Å²) in [6, 6.07) is 10.9. The maximum Gasteiger partial charge on any atom is 0.254 e. The highest BCUT2D eigenvalue weighted by Gasteiger charge is 2.24. The minimum absolute atomic E-state index is 0.103. The van der Waals surface area contributed by atoms with Gasteiger partial charge < -0.3 is 9.80 Å². The van der Waals surface area contributed by atoms with Crippen LogP contribution in [-0.2, 0) is 10.0 Å². The van der Waals surface area contributed by atoms with Crippen molar-refractivity contribution in [3.63, 3.8) is 0 Å². The van der Waals surface area contributed by atoms with Crippen molar-refractivity contribution in [2.45, 2.75) is 13.8 Å². The average molecular weight is 422 g/mol. The van der Waals surface area contributed by atoms with Crippen LogP contribution in [0.1, 0.15) is 21.5 Å². The highest BCUT2D eigenvalue weighted by Crippen LogP contribution is 2.26. The van der Waals surface area contributed by atoms with Gasteiger partial charge in [0.2, 0.25) is 10.0 Å². The van der Waals surface area contributed by atoms with Gasteiger partial charge in [0.05, 0.1) is 17.0 Å². The van der Waals surface area contributed by atoms with Crippen LogP contribution < -0.4 is 9.62 Å². The molecule has 1 fully saturated rings. The van der Waals surface area contributed by atoms with Crippen molar-refractivity contribution in [3.05, 3.63) is 58.1 Å². The van der Waals surface area contributed by atoms with Crippen molar-refractivity contribution in [1.82, 2.24) is 4.90 Å². The Labute approximate surface area is 171 Å². The van der Waals surface area contributed by atoms with Gasteiger partial charge in [-0.25, -0.2) is 8.42 Å². The van der Waals surface area contributed by atoms with Gasteiger partial charge in [0, 0.05) is 37.4 Å². The minimum Gasteiger partial charge on any atom is -0.368 e. The maximum absolute atomic E-state index is 12.8. The molecule has 1 aliphatic heterocycles. The number of benzene rings is 2. The lowest BCUT2D eigenvalue weighted by Gasteiger charge is -2.37. The van der Waals surface area contributed by atoms with Crippen LogP contribution in [0.3, 0.4) is 0 Å². The molecule has 0 atom stereocenters. The number of amides is 1. The van der Waals surface area contributed by atoms with Crippen LogP contribution in [-0.4, -0.2) is 51.7 Å². The fourth-order valence-electron chi connectivity index (χ4n) is 3.34. The van der Waals surface area contributed by atoms with Crippen molar-refractivity contribution in [2.75, 3.05) is 42.1 Å². The van der Waals surface area contributed by atoms with Crippen LogP contribution in [0, 0.1) is 13.8 Å². The third kappa shape index (κ3) is 4.59. The topological polar surface area (TPSA) is 69.7 Å². The Hall–Kier alpha value is -2.25. The molecule has 3 rings (SSSR count). The third-order valence-electron chi connectivity index (χ3n) is 4.99. The van der Waals surface area contributed by atoms with Crippen molar-refractivity contribution in [3.8, 4) is 0 Å². The molecule has 28 heavy (non-hydrogen) atoms. The van der Waals surface area contributed by atoms with E-state index in [1.807, 2.05) is 0 Å². The molecule has 2 aromatic carbocycles. The van der Waals surface area contributed by atoms with Gasteiger partial charge in [-0.05, 0) is 49.2 Å². The summed E-state index contributed by atoms with van der Waals surface area (Å²) in [5.74, 6) is -0.103. The van der Waals surface area contributed by atoms with E-state index in [-0.39, 0.29) is 16.6 Å². The van der Waals surface area contributed by atoms with Crippen LogP contribution in [0.2, 0.25) is 5.02 Å². The lowest BCUT2D eigenvalue weighted by Crippen LogP contribution is -2.49. The second kappa shape index (κ2) is 8.01. The Morgan fingerprint density at radius 3 is 2.36 bits per heavy atom. The first-order chi connectivity index (χ1) is 13.2. The standard InChI is InChI=1S/C20H24ClN3O3S/c1-14-5-4-6-19(15(14)2)23-9-11-24(12-10-23)20(25)16-7-8-18(17(21)13-16)22-28(3,26)27/h4-8,13,22H,9-12H2,1-3H3. The van der Waals surface area contributed by atoms with Gasteiger partial charge >= 0.3 is 0 Å². The number of sulfonamides is 1. The molecule has 0 bridgehead atoms. The molecule has 0 aliphatic carbocycles. The summed E-state index contributed by atoms with van der Waals surface area (Å²) in [6.07, 6.45) is 1.05. The molecule has 0 spiro atoms. The van der Waals surface area contributed by atoms with Crippen molar-refractivity contribution < 1.29 is 13.2 Å². The molecule has 1 saturated heterocycles. The van der Waals surface area contributed by atoms with E-state index in [1.165, 1.54) is 28.9 Å². The van der Waals surface area contributed by atoms with Gasteiger partial charge in [-0.2, -0.15) is 0 Å². The number of carbonyl (C=O) groups excluding carboxylic acids is 1. The normalized spacial score (nSPS) is 14.9. The number of rotatable bonds is 4. The maximum atomic E-state index is 12.8. The first-order valence-corrected chi connectivity index (χ1v) is 11.3. The smallest absolute Gasteiger partial charge is 0.254 e. The first kappa shape index (κ1) is 20.5. The van der Waals surface area contributed by atoms with E-state index in [9.17, 15) is 13.2 Å². The lowest BCUT2D eigenvalue weighted by atomic mass is 10.1. The van der Waals surface area contributed by atoms with Crippen LogP contribution >= 0.6 is 11.6 Å². The summed E-state index contributed by atoms with van der Waals surface area (Å²) in [7, 11) is -3.43. The van der Waals surface area contributed by atoms with E-state index in [1.54, 1.807) is 11.0 Å². The number of hydrogen-bond donors (Lipinski definition) is 1. The van der Waals surface area contributed by atoms with Crippen molar-refractivity contribution >= 4 is 38.9 Å². The summed E-state index contributed by atoms with van der Waals surface area (Å²) >= 11 is 6.15. The Bertz CT molecular complexity index is 1000. The monoisotopic (exact) mass is 421 g/mol. The molecule has 1 amide bonds. The molecule has 0 unspecified atom stereocenters. The summed E-state index contributed by atoms with van der Waals surface area (Å²) in [4.78, 5) is 16.9. The molecule has 1 aliphatic rings. The van der Waals surface area contributed by atoms with Gasteiger partial charge in [0.25, 0.3) is 5.91 Å². The summed E-state index contributed by atoms with van der Waals surface area (Å²) in [6.45, 7) is 6.98. The number of nitrogens with one attached hydrogen (secondary N) is 1. The molecule has 150 valence electrons. The van der Waals surface area contributed by atoms with E-state index in [2.05, 4.69) is 41.7 Å². The fourth-order valence-corrected chi connectivity index (χ4v) is 4.20. The Morgan fingerprint density at radius 2 is 1.75 bits per heavy atom. The number of halogens is 1. The summed E-state index contributed by atoms with van der Waals surface area (Å²) < 4.78 is 25.1. The average Bonchev–Trinajstić information content (AvgIpc) is 2.64. The Balaban J connectivity index is 1.68. The summed E-state index contributed by atoms with van der Waals surface area (Å²) in [5, 5.41) is 0.199. The summed E-state index contributed by atoms with van der Waals surface area (Å²) in [5.41, 5.74) is 4.45. The number of aryl methyl sites for hydroxylation is 1. The van der Waals surface area contributed by atoms with E-state index < -0.39 is 10.0 Å². The molecule has 8 heteroatoms. The number of nitrogens with zero attached hydrogens (tertiary/aromatic N) is 2. The third-order valence-corrected chi connectivity index (χ3v) is 5.90. The fraction of sp³-hybridized carbons (Fsp3) is 0.350. The van der Waals surface area contributed by atoms with E-state index in [0.29, 0.717) is 18.7 Å². The van der Waals surface area contributed by atoms with Gasteiger partial charge in [-0.3, -0.25) is 9.52 Å². The Morgan fingerprint density at radius 1 is 1.07 bits per heavy atom.